The number of carboxylic acids is 1. The monoisotopic (exact) mass is 599 g/mol. The van der Waals surface area contributed by atoms with Crippen LogP contribution in [0.1, 0.15) is 78.9 Å². The van der Waals surface area contributed by atoms with Crippen molar-refractivity contribution < 1.29 is 32.7 Å². The van der Waals surface area contributed by atoms with E-state index >= 15 is 0 Å². The zero-order valence-corrected chi connectivity index (χ0v) is 23.7. The van der Waals surface area contributed by atoms with Crippen molar-refractivity contribution in [1.29, 1.82) is 0 Å². The van der Waals surface area contributed by atoms with Gasteiger partial charge in [-0.3, -0.25) is 19.1 Å². The van der Waals surface area contributed by atoms with Crippen molar-refractivity contribution in [3.05, 3.63) is 51.3 Å². The Morgan fingerprint density at radius 2 is 1.70 bits per heavy atom. The maximum Gasteiger partial charge on any atom is 0.433 e. The Labute approximate surface area is 239 Å². The summed E-state index contributed by atoms with van der Waals surface area (Å²) in [6, 6.07) is 3.45. The van der Waals surface area contributed by atoms with Gasteiger partial charge in [0.1, 0.15) is 0 Å². The van der Waals surface area contributed by atoms with Gasteiger partial charge >= 0.3 is 12.1 Å². The predicted molar refractivity (Wildman–Crippen MR) is 141 cm³/mol. The summed E-state index contributed by atoms with van der Waals surface area (Å²) in [7, 11) is 0. The first kappa shape index (κ1) is 28.9. The highest BCUT2D eigenvalue weighted by Crippen LogP contribution is 2.67. The molecule has 0 aliphatic heterocycles. The molecule has 3 aliphatic rings. The Balaban J connectivity index is 1.46. The van der Waals surface area contributed by atoms with Crippen LogP contribution in [-0.2, 0) is 11.0 Å². The largest absolute Gasteiger partial charge is 0.481 e. The summed E-state index contributed by atoms with van der Waals surface area (Å²) in [6.07, 6.45) is -2.40. The second kappa shape index (κ2) is 10.0. The number of carbonyl (C=O) groups is 3. The number of aliphatic carboxylic acids is 1. The van der Waals surface area contributed by atoms with Crippen molar-refractivity contribution in [3.8, 4) is 0 Å². The maximum absolute atomic E-state index is 14.4. The summed E-state index contributed by atoms with van der Waals surface area (Å²) in [5, 5.41) is 13.4. The van der Waals surface area contributed by atoms with Crippen molar-refractivity contribution in [1.82, 2.24) is 14.7 Å². The quantitative estimate of drug-likeness (QED) is 0.343. The molecule has 0 radical (unpaired) electrons. The Bertz CT molecular complexity index is 1330. The van der Waals surface area contributed by atoms with Crippen molar-refractivity contribution in [3.63, 3.8) is 0 Å². The lowest BCUT2D eigenvalue weighted by molar-refractivity contribution is -0.150. The minimum atomic E-state index is -4.90. The van der Waals surface area contributed by atoms with E-state index < -0.39 is 59.6 Å². The van der Waals surface area contributed by atoms with Gasteiger partial charge in [0.15, 0.2) is 11.5 Å². The maximum atomic E-state index is 14.4. The Hall–Kier alpha value is -2.59. The number of hydrogen-bond donors (Lipinski definition) is 1. The SMILES string of the molecule is C[C@H](C(=O)O)C1CC(n2ncc(C(=O)N(CC(=O)c3c(Cl)cccc3Cl)C3C[C@@H]4[C@H](C3)C4(C)C)c2C(F)(F)F)C1. The third-order valence-electron chi connectivity index (χ3n) is 9.48. The van der Waals surface area contributed by atoms with Crippen molar-refractivity contribution in [2.45, 2.75) is 64.7 Å². The summed E-state index contributed by atoms with van der Waals surface area (Å²) in [6.45, 7) is 5.31. The molecule has 1 N–H and O–H groups in total. The van der Waals surface area contributed by atoms with Crippen molar-refractivity contribution in [2.24, 2.45) is 29.1 Å². The fourth-order valence-corrected chi connectivity index (χ4v) is 7.38. The number of nitrogens with zero attached hydrogens (tertiary/aromatic N) is 3. The number of carboxylic acid groups (broad SMARTS) is 1. The van der Waals surface area contributed by atoms with Gasteiger partial charge in [-0.1, -0.05) is 50.0 Å². The van der Waals surface area contributed by atoms with E-state index in [0.29, 0.717) is 24.7 Å². The first-order chi connectivity index (χ1) is 18.6. The highest BCUT2D eigenvalue weighted by Gasteiger charge is 2.63. The molecule has 1 amide bonds. The van der Waals surface area contributed by atoms with E-state index in [-0.39, 0.29) is 39.8 Å². The van der Waals surface area contributed by atoms with E-state index in [1.165, 1.54) is 24.0 Å². The molecule has 3 fully saturated rings. The van der Waals surface area contributed by atoms with Gasteiger partial charge in [-0.2, -0.15) is 18.3 Å². The molecular formula is C28H30Cl2F3N3O4. The predicted octanol–water partition coefficient (Wildman–Crippen LogP) is 6.64. The van der Waals surface area contributed by atoms with E-state index in [1.807, 2.05) is 0 Å². The Morgan fingerprint density at radius 1 is 1.12 bits per heavy atom. The Morgan fingerprint density at radius 3 is 2.23 bits per heavy atom. The number of halogens is 5. The molecule has 4 atom stereocenters. The van der Waals surface area contributed by atoms with Crippen LogP contribution in [0, 0.1) is 29.1 Å². The lowest BCUT2D eigenvalue weighted by Gasteiger charge is -2.38. The average Bonchev–Trinajstić information content (AvgIpc) is 3.25. The van der Waals surface area contributed by atoms with Crippen LogP contribution in [-0.4, -0.2) is 50.0 Å². The number of aromatic nitrogens is 2. The van der Waals surface area contributed by atoms with E-state index in [0.717, 1.165) is 10.9 Å². The number of Topliss-reactive ketones (excluding diaryl/α,β-unsaturated/α-hetero) is 1. The fourth-order valence-electron chi connectivity index (χ4n) is 6.77. The number of amides is 1. The molecule has 2 aromatic rings. The summed E-state index contributed by atoms with van der Waals surface area (Å²) in [5.74, 6) is -2.83. The molecular weight excluding hydrogens is 570 g/mol. The van der Waals surface area contributed by atoms with Crippen LogP contribution in [0.2, 0.25) is 10.0 Å². The van der Waals surface area contributed by atoms with Gasteiger partial charge < -0.3 is 10.0 Å². The smallest absolute Gasteiger partial charge is 0.433 e. The molecule has 5 rings (SSSR count). The first-order valence-electron chi connectivity index (χ1n) is 13.3. The van der Waals surface area contributed by atoms with Crippen LogP contribution in [0.4, 0.5) is 13.2 Å². The summed E-state index contributed by atoms with van der Waals surface area (Å²) in [4.78, 5) is 39.8. The second-order valence-corrected chi connectivity index (χ2v) is 12.8. The van der Waals surface area contributed by atoms with Gasteiger partial charge in [0.25, 0.3) is 5.91 Å². The highest BCUT2D eigenvalue weighted by molar-refractivity contribution is 6.40. The summed E-state index contributed by atoms with van der Waals surface area (Å²) in [5.41, 5.74) is -1.69. The molecule has 1 unspecified atom stereocenters. The number of ketones is 1. The Kier molecular flexibility index (Phi) is 7.26. The van der Waals surface area contributed by atoms with Crippen LogP contribution in [0.5, 0.6) is 0 Å². The van der Waals surface area contributed by atoms with Gasteiger partial charge in [-0.25, -0.2) is 0 Å². The zero-order chi connectivity index (χ0) is 29.3. The topological polar surface area (TPSA) is 92.5 Å². The fraction of sp³-hybridized carbons (Fsp3) is 0.571. The zero-order valence-electron chi connectivity index (χ0n) is 22.2. The van der Waals surface area contributed by atoms with E-state index in [1.54, 1.807) is 6.07 Å². The number of carbonyl (C=O) groups excluding carboxylic acids is 2. The van der Waals surface area contributed by atoms with Crippen LogP contribution >= 0.6 is 23.2 Å². The molecule has 216 valence electrons. The molecule has 0 saturated heterocycles. The minimum absolute atomic E-state index is 0.0203. The van der Waals surface area contributed by atoms with Crippen LogP contribution in [0.15, 0.2) is 24.4 Å². The van der Waals surface area contributed by atoms with Gasteiger partial charge in [0.05, 0.1) is 45.9 Å². The van der Waals surface area contributed by atoms with E-state index in [4.69, 9.17) is 23.2 Å². The van der Waals surface area contributed by atoms with Crippen molar-refractivity contribution >= 4 is 40.9 Å². The molecule has 0 bridgehead atoms. The average molecular weight is 600 g/mol. The molecule has 40 heavy (non-hydrogen) atoms. The third kappa shape index (κ3) is 4.91. The molecule has 3 saturated carbocycles. The second-order valence-electron chi connectivity index (χ2n) is 12.0. The van der Waals surface area contributed by atoms with Gasteiger partial charge in [-0.15, -0.1) is 0 Å². The standard InChI is InChI=1S/C28H30Cl2F3N3O4/c1-13(26(39)40)14-7-16(8-14)36-24(28(31,32)33)17(11-34-36)25(38)35(15-9-18-19(10-15)27(18,2)3)12-22(37)23-20(29)5-4-6-21(23)30/h4-6,11,13-16,18-19H,7-10,12H2,1-3H3,(H,39,40)/t13-,14?,15?,16?,18-,19+/m0/s1. The molecule has 0 spiro atoms. The van der Waals surface area contributed by atoms with Gasteiger partial charge in [0.2, 0.25) is 0 Å². The molecule has 12 heteroatoms. The lowest BCUT2D eigenvalue weighted by Crippen LogP contribution is -2.44. The van der Waals surface area contributed by atoms with Gasteiger partial charge in [-0.05, 0) is 61.0 Å². The molecule has 1 aromatic heterocycles. The van der Waals surface area contributed by atoms with Crippen LogP contribution in [0.3, 0.4) is 0 Å². The first-order valence-corrected chi connectivity index (χ1v) is 14.0. The number of benzene rings is 1. The third-order valence-corrected chi connectivity index (χ3v) is 10.1. The molecule has 1 aromatic carbocycles. The highest BCUT2D eigenvalue weighted by atomic mass is 35.5. The number of rotatable bonds is 8. The van der Waals surface area contributed by atoms with E-state index in [2.05, 4.69) is 18.9 Å². The van der Waals surface area contributed by atoms with Crippen LogP contribution in [0.25, 0.3) is 0 Å². The number of alkyl halides is 3. The van der Waals surface area contributed by atoms with Crippen molar-refractivity contribution in [2.75, 3.05) is 6.54 Å². The van der Waals surface area contributed by atoms with Crippen LogP contribution < -0.4 is 0 Å². The number of fused-ring (bicyclic) bond motifs is 1. The normalized spacial score (nSPS) is 27.4. The van der Waals surface area contributed by atoms with Gasteiger partial charge in [0, 0.05) is 6.04 Å². The summed E-state index contributed by atoms with van der Waals surface area (Å²) >= 11 is 12.4. The van der Waals surface area contributed by atoms with E-state index in [9.17, 15) is 32.7 Å². The number of hydrogen-bond acceptors (Lipinski definition) is 4. The molecule has 7 nitrogen and oxygen atoms in total. The summed E-state index contributed by atoms with van der Waals surface area (Å²) < 4.78 is 44.1. The molecule has 1 heterocycles. The minimum Gasteiger partial charge on any atom is -0.481 e. The molecule has 3 aliphatic carbocycles. The lowest BCUT2D eigenvalue weighted by atomic mass is 9.73.